The quantitative estimate of drug-likeness (QED) is 0.665. The predicted octanol–water partition coefficient (Wildman–Crippen LogP) is 3.93. The average Bonchev–Trinajstić information content (AvgIpc) is 2.14. The maximum absolute atomic E-state index is 13.2. The number of rotatable bonds is 0. The van der Waals surface area contributed by atoms with Gasteiger partial charge in [-0.05, 0) is 22.0 Å². The van der Waals surface area contributed by atoms with Crippen LogP contribution in [0.2, 0.25) is 5.02 Å². The van der Waals surface area contributed by atoms with Gasteiger partial charge in [0.05, 0.1) is 9.50 Å². The summed E-state index contributed by atoms with van der Waals surface area (Å²) in [4.78, 5) is 3.79. The first-order chi connectivity index (χ1) is 6.61. The summed E-state index contributed by atoms with van der Waals surface area (Å²) in [7, 11) is 0. The van der Waals surface area contributed by atoms with Gasteiger partial charge in [-0.2, -0.15) is 0 Å². The molecular formula is C9H3BrClF2N. The van der Waals surface area contributed by atoms with Crippen LogP contribution < -0.4 is 0 Å². The molecule has 72 valence electrons. The summed E-state index contributed by atoms with van der Waals surface area (Å²) in [5.74, 6) is -1.41. The number of hydrogen-bond acceptors (Lipinski definition) is 1. The summed E-state index contributed by atoms with van der Waals surface area (Å²) in [6, 6.07) is 2.25. The molecule has 1 heterocycles. The molecule has 0 saturated carbocycles. The smallest absolute Gasteiger partial charge is 0.152 e. The van der Waals surface area contributed by atoms with Crippen molar-refractivity contribution in [2.45, 2.75) is 0 Å². The largest absolute Gasteiger partial charge is 0.253 e. The van der Waals surface area contributed by atoms with Gasteiger partial charge in [0.1, 0.15) is 11.3 Å². The molecule has 0 fully saturated rings. The fourth-order valence-corrected chi connectivity index (χ4v) is 2.06. The van der Waals surface area contributed by atoms with Crippen molar-refractivity contribution in [2.75, 3.05) is 0 Å². The normalized spacial score (nSPS) is 10.9. The molecule has 0 radical (unpaired) electrons. The van der Waals surface area contributed by atoms with Crippen molar-refractivity contribution in [3.8, 4) is 0 Å². The third kappa shape index (κ3) is 1.38. The number of pyridine rings is 1. The van der Waals surface area contributed by atoms with Crippen LogP contribution >= 0.6 is 27.5 Å². The number of hydrogen-bond donors (Lipinski definition) is 0. The summed E-state index contributed by atoms with van der Waals surface area (Å²) in [5.41, 5.74) is 0.0609. The maximum atomic E-state index is 13.2. The lowest BCUT2D eigenvalue weighted by Crippen LogP contribution is -1.89. The molecule has 0 N–H and O–H groups in total. The first-order valence-corrected chi connectivity index (χ1v) is 4.86. The molecule has 5 heteroatoms. The van der Waals surface area contributed by atoms with Crippen molar-refractivity contribution in [3.63, 3.8) is 0 Å². The minimum atomic E-state index is -0.719. The monoisotopic (exact) mass is 277 g/mol. The fraction of sp³-hybridized carbons (Fsp3) is 0. The zero-order chi connectivity index (χ0) is 10.3. The van der Waals surface area contributed by atoms with E-state index in [1.807, 2.05) is 0 Å². The molecule has 14 heavy (non-hydrogen) atoms. The van der Waals surface area contributed by atoms with Crippen LogP contribution in [0.5, 0.6) is 0 Å². The van der Waals surface area contributed by atoms with Gasteiger partial charge in [0, 0.05) is 17.6 Å². The van der Waals surface area contributed by atoms with E-state index >= 15 is 0 Å². The van der Waals surface area contributed by atoms with Crippen molar-refractivity contribution in [1.82, 2.24) is 4.98 Å². The van der Waals surface area contributed by atoms with Crippen molar-refractivity contribution < 1.29 is 8.78 Å². The molecule has 0 unspecified atom stereocenters. The van der Waals surface area contributed by atoms with E-state index in [1.165, 1.54) is 12.3 Å². The van der Waals surface area contributed by atoms with Crippen LogP contribution in [-0.2, 0) is 0 Å². The lowest BCUT2D eigenvalue weighted by molar-refractivity contribution is 0.586. The van der Waals surface area contributed by atoms with Gasteiger partial charge in [0.25, 0.3) is 0 Å². The molecule has 0 aliphatic rings. The number of fused-ring (bicyclic) bond motifs is 1. The summed E-state index contributed by atoms with van der Waals surface area (Å²) in [5, 5.41) is 0.520. The van der Waals surface area contributed by atoms with Gasteiger partial charge in [-0.25, -0.2) is 8.78 Å². The van der Waals surface area contributed by atoms with Crippen LogP contribution in [0.1, 0.15) is 0 Å². The minimum absolute atomic E-state index is 0.0609. The van der Waals surface area contributed by atoms with Gasteiger partial charge in [-0.15, -0.1) is 0 Å². The van der Waals surface area contributed by atoms with E-state index in [2.05, 4.69) is 20.9 Å². The molecule has 0 amide bonds. The van der Waals surface area contributed by atoms with Gasteiger partial charge in [0.15, 0.2) is 5.82 Å². The highest BCUT2D eigenvalue weighted by atomic mass is 79.9. The second-order valence-corrected chi connectivity index (χ2v) is 3.87. The number of aromatic nitrogens is 1. The topological polar surface area (TPSA) is 12.9 Å². The lowest BCUT2D eigenvalue weighted by Gasteiger charge is -2.04. The molecule has 1 nitrogen and oxygen atoms in total. The van der Waals surface area contributed by atoms with E-state index in [-0.39, 0.29) is 20.4 Å². The molecule has 1 aromatic carbocycles. The van der Waals surface area contributed by atoms with Crippen LogP contribution in [0.4, 0.5) is 8.78 Å². The highest BCUT2D eigenvalue weighted by Gasteiger charge is 2.13. The number of halogens is 4. The zero-order valence-electron chi connectivity index (χ0n) is 6.69. The molecule has 0 spiro atoms. The molecular weight excluding hydrogens is 275 g/mol. The number of benzene rings is 1. The van der Waals surface area contributed by atoms with Gasteiger partial charge >= 0.3 is 0 Å². The molecule has 0 aliphatic carbocycles. The first kappa shape index (κ1) is 9.80. The van der Waals surface area contributed by atoms with Crippen molar-refractivity contribution >= 4 is 38.4 Å². The highest BCUT2D eigenvalue weighted by molar-refractivity contribution is 9.10. The molecule has 1 aromatic heterocycles. The second kappa shape index (κ2) is 3.44. The third-order valence-corrected chi connectivity index (χ3v) is 2.90. The molecule has 2 aromatic rings. The van der Waals surface area contributed by atoms with Crippen LogP contribution in [0.15, 0.2) is 22.8 Å². The SMILES string of the molecule is Fc1cc(F)c2nccc(Cl)c2c1Br. The zero-order valence-corrected chi connectivity index (χ0v) is 9.03. The molecule has 0 bridgehead atoms. The third-order valence-electron chi connectivity index (χ3n) is 1.81. The Kier molecular flexibility index (Phi) is 2.41. The Morgan fingerprint density at radius 3 is 2.71 bits per heavy atom. The van der Waals surface area contributed by atoms with Crippen molar-refractivity contribution in [1.29, 1.82) is 0 Å². The first-order valence-electron chi connectivity index (χ1n) is 3.69. The summed E-state index contributed by atoms with van der Waals surface area (Å²) in [6.45, 7) is 0. The van der Waals surface area contributed by atoms with Crippen molar-refractivity contribution in [3.05, 3.63) is 39.5 Å². The summed E-state index contributed by atoms with van der Waals surface area (Å²) in [6.07, 6.45) is 1.37. The average molecular weight is 278 g/mol. The number of nitrogens with zero attached hydrogens (tertiary/aromatic N) is 1. The van der Waals surface area contributed by atoms with Crippen LogP contribution in [0.3, 0.4) is 0 Å². The predicted molar refractivity (Wildman–Crippen MR) is 54.4 cm³/mol. The Morgan fingerprint density at radius 1 is 1.29 bits per heavy atom. The van der Waals surface area contributed by atoms with Gasteiger partial charge in [0.2, 0.25) is 0 Å². The maximum Gasteiger partial charge on any atom is 0.152 e. The molecule has 0 saturated heterocycles. The van der Waals surface area contributed by atoms with E-state index in [1.54, 1.807) is 0 Å². The minimum Gasteiger partial charge on any atom is -0.253 e. The molecule has 0 aliphatic heterocycles. The highest BCUT2D eigenvalue weighted by Crippen LogP contribution is 2.32. The van der Waals surface area contributed by atoms with Crippen LogP contribution in [-0.4, -0.2) is 4.98 Å². The molecule has 2 rings (SSSR count). The Morgan fingerprint density at radius 2 is 2.00 bits per heavy atom. The van der Waals surface area contributed by atoms with E-state index in [9.17, 15) is 8.78 Å². The Bertz CT molecular complexity index is 516. The van der Waals surface area contributed by atoms with Crippen LogP contribution in [0.25, 0.3) is 10.9 Å². The Hall–Kier alpha value is -0.740. The fourth-order valence-electron chi connectivity index (χ4n) is 1.19. The van der Waals surface area contributed by atoms with E-state index in [0.717, 1.165) is 6.07 Å². The lowest BCUT2D eigenvalue weighted by atomic mass is 10.2. The standard InChI is InChI=1S/C9H3BrClF2N/c10-8-5(12)3-6(13)9-7(8)4(11)1-2-14-9/h1-3H. The molecule has 0 atom stereocenters. The van der Waals surface area contributed by atoms with E-state index in [0.29, 0.717) is 0 Å². The van der Waals surface area contributed by atoms with Crippen molar-refractivity contribution in [2.24, 2.45) is 0 Å². The summed E-state index contributed by atoms with van der Waals surface area (Å²) < 4.78 is 26.5. The Balaban J connectivity index is 3.03. The van der Waals surface area contributed by atoms with Crippen LogP contribution in [0, 0.1) is 11.6 Å². The van der Waals surface area contributed by atoms with Gasteiger partial charge < -0.3 is 0 Å². The van der Waals surface area contributed by atoms with Gasteiger partial charge in [-0.1, -0.05) is 11.6 Å². The second-order valence-electron chi connectivity index (χ2n) is 2.67. The summed E-state index contributed by atoms with van der Waals surface area (Å²) >= 11 is 8.80. The van der Waals surface area contributed by atoms with E-state index < -0.39 is 11.6 Å². The van der Waals surface area contributed by atoms with Gasteiger partial charge in [-0.3, -0.25) is 4.98 Å². The van der Waals surface area contributed by atoms with E-state index in [4.69, 9.17) is 11.6 Å². The Labute approximate surface area is 91.8 Å².